The first-order chi connectivity index (χ1) is 10.2. The van der Waals surface area contributed by atoms with E-state index in [4.69, 9.17) is 5.73 Å². The van der Waals surface area contributed by atoms with Gasteiger partial charge in [0.25, 0.3) is 0 Å². The highest BCUT2D eigenvalue weighted by atomic mass is 16.2. The molecule has 4 nitrogen and oxygen atoms in total. The Bertz CT molecular complexity index is 351. The van der Waals surface area contributed by atoms with Gasteiger partial charge < -0.3 is 15.5 Å². The van der Waals surface area contributed by atoms with Crippen LogP contribution in [0.1, 0.15) is 57.8 Å². The zero-order chi connectivity index (χ0) is 14.7. The van der Waals surface area contributed by atoms with Crippen LogP contribution in [-0.4, -0.2) is 54.5 Å². The molecule has 0 spiro atoms. The van der Waals surface area contributed by atoms with Gasteiger partial charge in [0.2, 0.25) is 5.91 Å². The van der Waals surface area contributed by atoms with E-state index in [-0.39, 0.29) is 5.41 Å². The second-order valence-electron chi connectivity index (χ2n) is 7.31. The first-order valence-electron chi connectivity index (χ1n) is 8.99. The summed E-state index contributed by atoms with van der Waals surface area (Å²) < 4.78 is 0. The van der Waals surface area contributed by atoms with E-state index >= 15 is 0 Å². The molecule has 3 aliphatic rings. The van der Waals surface area contributed by atoms with Crippen molar-refractivity contribution in [3.8, 4) is 0 Å². The Morgan fingerprint density at radius 2 is 1.57 bits per heavy atom. The second-order valence-corrected chi connectivity index (χ2v) is 7.31. The summed E-state index contributed by atoms with van der Waals surface area (Å²) in [5.74, 6) is 0.365. The van der Waals surface area contributed by atoms with Crippen molar-refractivity contribution in [1.29, 1.82) is 0 Å². The Hall–Kier alpha value is -0.610. The third-order valence-corrected chi connectivity index (χ3v) is 6.06. The maximum absolute atomic E-state index is 13.0. The Kier molecular flexibility index (Phi) is 4.85. The van der Waals surface area contributed by atoms with Gasteiger partial charge in [0, 0.05) is 25.7 Å². The smallest absolute Gasteiger partial charge is 0.230 e. The number of likely N-dealkylation sites (tertiary alicyclic amines) is 2. The lowest BCUT2D eigenvalue weighted by molar-refractivity contribution is -0.145. The third kappa shape index (κ3) is 3.11. The van der Waals surface area contributed by atoms with E-state index in [1.54, 1.807) is 0 Å². The van der Waals surface area contributed by atoms with Gasteiger partial charge in [-0.2, -0.15) is 0 Å². The number of carbonyl (C=O) groups excluding carboxylic acids is 1. The van der Waals surface area contributed by atoms with Gasteiger partial charge in [-0.1, -0.05) is 19.3 Å². The standard InChI is InChI=1S/C17H31N3O/c18-14-17(8-2-1-3-9-17)16(21)20-12-6-15(7-13-20)19-10-4-5-11-19/h15H,1-14,18H2. The molecule has 1 saturated carbocycles. The molecule has 0 bridgehead atoms. The highest BCUT2D eigenvalue weighted by Crippen LogP contribution is 2.38. The minimum atomic E-state index is -0.223. The molecule has 3 fully saturated rings. The average Bonchev–Trinajstić information content (AvgIpc) is 3.09. The summed E-state index contributed by atoms with van der Waals surface area (Å²) in [6, 6.07) is 0.719. The number of rotatable bonds is 3. The molecule has 0 atom stereocenters. The molecule has 1 amide bonds. The Morgan fingerprint density at radius 1 is 0.952 bits per heavy atom. The summed E-state index contributed by atoms with van der Waals surface area (Å²) in [6.07, 6.45) is 10.7. The molecule has 1 aliphatic carbocycles. The van der Waals surface area contributed by atoms with Gasteiger partial charge in [-0.15, -0.1) is 0 Å². The van der Waals surface area contributed by atoms with Gasteiger partial charge in [0.1, 0.15) is 0 Å². The lowest BCUT2D eigenvalue weighted by Crippen LogP contribution is -2.53. The highest BCUT2D eigenvalue weighted by molar-refractivity contribution is 5.83. The van der Waals surface area contributed by atoms with Crippen molar-refractivity contribution in [2.75, 3.05) is 32.7 Å². The molecule has 2 heterocycles. The minimum Gasteiger partial charge on any atom is -0.342 e. The number of hydrogen-bond acceptors (Lipinski definition) is 3. The van der Waals surface area contributed by atoms with Crippen LogP contribution < -0.4 is 5.73 Å². The number of nitrogens with zero attached hydrogens (tertiary/aromatic N) is 2. The van der Waals surface area contributed by atoms with Gasteiger partial charge in [-0.25, -0.2) is 0 Å². The molecule has 0 aromatic carbocycles. The first-order valence-corrected chi connectivity index (χ1v) is 8.99. The van der Waals surface area contributed by atoms with E-state index in [1.165, 1.54) is 45.2 Å². The predicted molar refractivity (Wildman–Crippen MR) is 85.0 cm³/mol. The van der Waals surface area contributed by atoms with Crippen LogP contribution in [0.3, 0.4) is 0 Å². The van der Waals surface area contributed by atoms with Gasteiger partial charge >= 0.3 is 0 Å². The van der Waals surface area contributed by atoms with Gasteiger partial charge in [0.05, 0.1) is 5.41 Å². The second kappa shape index (κ2) is 6.66. The highest BCUT2D eigenvalue weighted by Gasteiger charge is 2.42. The summed E-state index contributed by atoms with van der Waals surface area (Å²) in [5, 5.41) is 0. The quantitative estimate of drug-likeness (QED) is 0.865. The maximum Gasteiger partial charge on any atom is 0.230 e. The molecule has 2 N–H and O–H groups in total. The largest absolute Gasteiger partial charge is 0.342 e. The van der Waals surface area contributed by atoms with Crippen LogP contribution in [0.2, 0.25) is 0 Å². The Labute approximate surface area is 129 Å². The van der Waals surface area contributed by atoms with Crippen molar-refractivity contribution >= 4 is 5.91 Å². The molecular weight excluding hydrogens is 262 g/mol. The number of amides is 1. The van der Waals surface area contributed by atoms with Crippen molar-refractivity contribution in [1.82, 2.24) is 9.80 Å². The minimum absolute atomic E-state index is 0.223. The lowest BCUT2D eigenvalue weighted by Gasteiger charge is -2.43. The summed E-state index contributed by atoms with van der Waals surface area (Å²) >= 11 is 0. The van der Waals surface area contributed by atoms with Crippen molar-refractivity contribution < 1.29 is 4.79 Å². The van der Waals surface area contributed by atoms with Crippen molar-refractivity contribution in [3.63, 3.8) is 0 Å². The molecule has 0 aromatic heterocycles. The molecule has 2 saturated heterocycles. The van der Waals surface area contributed by atoms with Gasteiger partial charge in [-0.3, -0.25) is 4.79 Å². The first kappa shape index (κ1) is 15.3. The SMILES string of the molecule is NCC1(C(=O)N2CCC(N3CCCC3)CC2)CCCCC1. The summed E-state index contributed by atoms with van der Waals surface area (Å²) in [5.41, 5.74) is 5.79. The van der Waals surface area contributed by atoms with Crippen molar-refractivity contribution in [2.45, 2.75) is 63.8 Å². The molecule has 21 heavy (non-hydrogen) atoms. The van der Waals surface area contributed by atoms with Crippen LogP contribution in [0.15, 0.2) is 0 Å². The van der Waals surface area contributed by atoms with E-state index in [2.05, 4.69) is 9.80 Å². The van der Waals surface area contributed by atoms with E-state index in [1.807, 2.05) is 0 Å². The lowest BCUT2D eigenvalue weighted by atomic mass is 9.72. The van der Waals surface area contributed by atoms with E-state index < -0.39 is 0 Å². The fourth-order valence-corrected chi connectivity index (χ4v) is 4.61. The zero-order valence-corrected chi connectivity index (χ0v) is 13.4. The molecule has 120 valence electrons. The van der Waals surface area contributed by atoms with Crippen LogP contribution in [0.25, 0.3) is 0 Å². The fourth-order valence-electron chi connectivity index (χ4n) is 4.61. The molecule has 0 unspecified atom stereocenters. The van der Waals surface area contributed by atoms with Crippen LogP contribution in [0.4, 0.5) is 0 Å². The van der Waals surface area contributed by atoms with E-state index in [0.29, 0.717) is 12.5 Å². The molecule has 0 radical (unpaired) electrons. The topological polar surface area (TPSA) is 49.6 Å². The van der Waals surface area contributed by atoms with Crippen LogP contribution in [0.5, 0.6) is 0 Å². The van der Waals surface area contributed by atoms with E-state index in [0.717, 1.165) is 44.8 Å². The molecular formula is C17H31N3O. The van der Waals surface area contributed by atoms with Crippen LogP contribution in [-0.2, 0) is 4.79 Å². The fraction of sp³-hybridized carbons (Fsp3) is 0.941. The monoisotopic (exact) mass is 293 g/mol. The predicted octanol–water partition coefficient (Wildman–Crippen LogP) is 1.98. The number of piperidine rings is 1. The van der Waals surface area contributed by atoms with Crippen molar-refractivity contribution in [2.24, 2.45) is 11.1 Å². The number of nitrogens with two attached hydrogens (primary N) is 1. The Morgan fingerprint density at radius 3 is 2.14 bits per heavy atom. The number of hydrogen-bond donors (Lipinski definition) is 1. The molecule has 2 aliphatic heterocycles. The summed E-state index contributed by atoms with van der Waals surface area (Å²) in [7, 11) is 0. The summed E-state index contributed by atoms with van der Waals surface area (Å²) in [4.78, 5) is 17.7. The molecule has 0 aromatic rings. The van der Waals surface area contributed by atoms with Crippen LogP contribution >= 0.6 is 0 Å². The van der Waals surface area contributed by atoms with E-state index in [9.17, 15) is 4.79 Å². The zero-order valence-electron chi connectivity index (χ0n) is 13.4. The molecule has 3 rings (SSSR count). The third-order valence-electron chi connectivity index (χ3n) is 6.06. The molecule has 4 heteroatoms. The average molecular weight is 293 g/mol. The van der Waals surface area contributed by atoms with Gasteiger partial charge in [0.15, 0.2) is 0 Å². The van der Waals surface area contributed by atoms with Gasteiger partial charge in [-0.05, 0) is 51.6 Å². The number of carbonyl (C=O) groups is 1. The maximum atomic E-state index is 13.0. The normalized spacial score (nSPS) is 28.0. The summed E-state index contributed by atoms with van der Waals surface area (Å²) in [6.45, 7) is 4.97. The Balaban J connectivity index is 1.56. The van der Waals surface area contributed by atoms with Crippen molar-refractivity contribution in [3.05, 3.63) is 0 Å². The van der Waals surface area contributed by atoms with Crippen LogP contribution in [0, 0.1) is 5.41 Å².